The van der Waals surface area contributed by atoms with Crippen LogP contribution < -0.4 is 9.47 Å². The van der Waals surface area contributed by atoms with E-state index in [1.54, 1.807) is 24.3 Å². The Bertz CT molecular complexity index is 1410. The number of aliphatic hydroxyl groups is 3. The quantitative estimate of drug-likeness (QED) is 0.109. The summed E-state index contributed by atoms with van der Waals surface area (Å²) in [6.07, 6.45) is -4.85. The van der Waals surface area contributed by atoms with Gasteiger partial charge in [0.1, 0.15) is 42.5 Å². The molecule has 1 aliphatic rings. The van der Waals surface area contributed by atoms with E-state index >= 15 is 0 Å². The first-order valence-corrected chi connectivity index (χ1v) is 12.1. The van der Waals surface area contributed by atoms with E-state index in [0.29, 0.717) is 16.9 Å². The van der Waals surface area contributed by atoms with E-state index in [1.807, 2.05) is 0 Å². The van der Waals surface area contributed by atoms with E-state index in [2.05, 4.69) is 0 Å². The number of phenolic OH excluding ortho intramolecular Hbond substituents is 5. The molecule has 5 atom stereocenters. The van der Waals surface area contributed by atoms with Gasteiger partial charge in [0.05, 0.1) is 12.7 Å². The second-order valence-electron chi connectivity index (χ2n) is 9.12. The lowest BCUT2D eigenvalue weighted by Gasteiger charge is -2.39. The Morgan fingerprint density at radius 3 is 2.17 bits per heavy atom. The first-order chi connectivity index (χ1) is 19.5. The molecule has 0 amide bonds. The zero-order chi connectivity index (χ0) is 29.8. The van der Waals surface area contributed by atoms with Crippen LogP contribution in [-0.4, -0.2) is 91.2 Å². The Morgan fingerprint density at radius 1 is 0.829 bits per heavy atom. The number of aliphatic hydroxyl groups excluding tert-OH is 3. The van der Waals surface area contributed by atoms with E-state index in [0.717, 1.165) is 12.1 Å². The van der Waals surface area contributed by atoms with Crippen molar-refractivity contribution in [2.75, 3.05) is 13.7 Å². The number of benzene rings is 3. The van der Waals surface area contributed by atoms with Crippen molar-refractivity contribution in [3.8, 4) is 40.2 Å². The van der Waals surface area contributed by atoms with Gasteiger partial charge < -0.3 is 59.8 Å². The molecule has 0 aliphatic carbocycles. The van der Waals surface area contributed by atoms with Crippen LogP contribution in [0.5, 0.6) is 40.2 Å². The van der Waals surface area contributed by atoms with E-state index in [1.165, 1.54) is 31.4 Å². The summed E-state index contributed by atoms with van der Waals surface area (Å²) in [6, 6.07) is 10.6. The SMILES string of the molecule is COc1ccc(/C=C\c2cc(O)cc(O[C@@H]3O[C@@H](COC(=O)c4cc(O)c(O)c(O)c4)[C@@H](O)[C@H](O)[C@H]3O)c2)cc1O. The smallest absolute Gasteiger partial charge is 0.338 e. The normalized spacial score (nSPS) is 22.4. The third kappa shape index (κ3) is 6.73. The minimum atomic E-state index is -1.77. The van der Waals surface area contributed by atoms with E-state index in [-0.39, 0.29) is 22.8 Å². The summed E-state index contributed by atoms with van der Waals surface area (Å²) in [5.74, 6) is -3.33. The molecule has 3 aromatic carbocycles. The average molecular weight is 573 g/mol. The highest BCUT2D eigenvalue weighted by Crippen LogP contribution is 2.36. The van der Waals surface area contributed by atoms with Gasteiger partial charge in [0.25, 0.3) is 0 Å². The van der Waals surface area contributed by atoms with Gasteiger partial charge in [-0.05, 0) is 47.5 Å². The zero-order valence-corrected chi connectivity index (χ0v) is 21.5. The van der Waals surface area contributed by atoms with Crippen LogP contribution in [0.25, 0.3) is 12.2 Å². The fraction of sp³-hybridized carbons (Fsp3) is 0.250. The van der Waals surface area contributed by atoms with Crippen LogP contribution in [0.2, 0.25) is 0 Å². The minimum Gasteiger partial charge on any atom is -0.508 e. The molecule has 1 aliphatic heterocycles. The van der Waals surface area contributed by atoms with Crippen LogP contribution in [0.15, 0.2) is 48.5 Å². The number of hydrogen-bond acceptors (Lipinski definition) is 13. The number of hydrogen-bond donors (Lipinski definition) is 8. The molecule has 41 heavy (non-hydrogen) atoms. The molecule has 0 bridgehead atoms. The van der Waals surface area contributed by atoms with Gasteiger partial charge in [-0.25, -0.2) is 4.79 Å². The zero-order valence-electron chi connectivity index (χ0n) is 21.5. The monoisotopic (exact) mass is 572 g/mol. The summed E-state index contributed by atoms with van der Waals surface area (Å²) in [5.41, 5.74) is 0.779. The molecule has 1 saturated heterocycles. The number of aromatic hydroxyl groups is 5. The van der Waals surface area contributed by atoms with Gasteiger partial charge >= 0.3 is 5.97 Å². The molecule has 3 aromatic rings. The molecule has 13 heteroatoms. The average Bonchev–Trinajstić information content (AvgIpc) is 2.93. The standard InChI is InChI=1S/C28H28O13/c1-38-21-5-4-13(8-18(21)30)2-3-14-6-16(29)11-17(7-14)40-28-26(36)25(35)24(34)22(41-28)12-39-27(37)15-9-19(31)23(33)20(32)10-15/h2-11,22,24-26,28-36H,12H2,1H3/b3-2-/t22-,24+,25-,26+,28+/m0/s1. The molecule has 1 heterocycles. The number of phenols is 5. The molecule has 0 aromatic heterocycles. The highest BCUT2D eigenvalue weighted by molar-refractivity contribution is 5.91. The molecular formula is C28H28O13. The van der Waals surface area contributed by atoms with Crippen LogP contribution >= 0.6 is 0 Å². The largest absolute Gasteiger partial charge is 0.508 e. The second-order valence-corrected chi connectivity index (χ2v) is 9.12. The van der Waals surface area contributed by atoms with E-state index in [4.69, 9.17) is 18.9 Å². The van der Waals surface area contributed by atoms with Crippen LogP contribution in [0.3, 0.4) is 0 Å². The first kappa shape index (κ1) is 29.3. The highest BCUT2D eigenvalue weighted by atomic mass is 16.7. The van der Waals surface area contributed by atoms with Crippen molar-refractivity contribution >= 4 is 18.1 Å². The Kier molecular flexibility index (Phi) is 8.74. The Morgan fingerprint density at radius 2 is 1.51 bits per heavy atom. The van der Waals surface area contributed by atoms with Crippen molar-refractivity contribution in [2.24, 2.45) is 0 Å². The maximum Gasteiger partial charge on any atom is 0.338 e. The number of carbonyl (C=O) groups is 1. The van der Waals surface area contributed by atoms with Gasteiger partial charge in [-0.1, -0.05) is 18.2 Å². The number of methoxy groups -OCH3 is 1. The molecule has 1 fully saturated rings. The summed E-state index contributed by atoms with van der Waals surface area (Å²) >= 11 is 0. The minimum absolute atomic E-state index is 0.0284. The van der Waals surface area contributed by atoms with Crippen molar-refractivity contribution in [1.82, 2.24) is 0 Å². The van der Waals surface area contributed by atoms with Crippen LogP contribution in [0.4, 0.5) is 0 Å². The fourth-order valence-electron chi connectivity index (χ4n) is 4.02. The number of rotatable bonds is 8. The van der Waals surface area contributed by atoms with Gasteiger partial charge in [0.2, 0.25) is 6.29 Å². The van der Waals surface area contributed by atoms with Crippen LogP contribution in [0, 0.1) is 0 Å². The van der Waals surface area contributed by atoms with Crippen molar-refractivity contribution < 1.29 is 64.6 Å². The van der Waals surface area contributed by atoms with Crippen molar-refractivity contribution in [1.29, 1.82) is 0 Å². The van der Waals surface area contributed by atoms with Crippen molar-refractivity contribution in [3.63, 3.8) is 0 Å². The molecular weight excluding hydrogens is 544 g/mol. The lowest BCUT2D eigenvalue weighted by atomic mass is 9.99. The Balaban J connectivity index is 1.45. The van der Waals surface area contributed by atoms with Gasteiger partial charge in [0, 0.05) is 6.07 Å². The van der Waals surface area contributed by atoms with Crippen molar-refractivity contribution in [3.05, 3.63) is 65.2 Å². The maximum absolute atomic E-state index is 12.4. The van der Waals surface area contributed by atoms with Crippen LogP contribution in [-0.2, 0) is 9.47 Å². The predicted molar refractivity (Wildman–Crippen MR) is 141 cm³/mol. The lowest BCUT2D eigenvalue weighted by molar-refractivity contribution is -0.277. The summed E-state index contributed by atoms with van der Waals surface area (Å²) in [6.45, 7) is -0.630. The third-order valence-electron chi connectivity index (χ3n) is 6.19. The van der Waals surface area contributed by atoms with Gasteiger partial charge in [-0.2, -0.15) is 0 Å². The maximum atomic E-state index is 12.4. The molecule has 0 spiro atoms. The lowest BCUT2D eigenvalue weighted by Crippen LogP contribution is -2.60. The summed E-state index contributed by atoms with van der Waals surface area (Å²) in [4.78, 5) is 12.4. The number of carbonyl (C=O) groups excluding carboxylic acids is 1. The summed E-state index contributed by atoms with van der Waals surface area (Å²) in [7, 11) is 1.43. The van der Waals surface area contributed by atoms with Gasteiger partial charge in [0.15, 0.2) is 28.7 Å². The van der Waals surface area contributed by atoms with Crippen LogP contribution in [0.1, 0.15) is 21.5 Å². The molecule has 8 N–H and O–H groups in total. The summed E-state index contributed by atoms with van der Waals surface area (Å²) in [5, 5.41) is 79.9. The second kappa shape index (κ2) is 12.2. The molecule has 218 valence electrons. The van der Waals surface area contributed by atoms with Crippen molar-refractivity contribution in [2.45, 2.75) is 30.7 Å². The van der Waals surface area contributed by atoms with E-state index in [9.17, 15) is 45.6 Å². The molecule has 4 rings (SSSR count). The third-order valence-corrected chi connectivity index (χ3v) is 6.19. The summed E-state index contributed by atoms with van der Waals surface area (Å²) < 4.78 is 21.3. The number of ether oxygens (including phenoxy) is 4. The molecule has 13 nitrogen and oxygen atoms in total. The number of esters is 1. The fourth-order valence-corrected chi connectivity index (χ4v) is 4.02. The highest BCUT2D eigenvalue weighted by Gasteiger charge is 2.45. The van der Waals surface area contributed by atoms with E-state index < -0.39 is 60.5 Å². The predicted octanol–water partition coefficient (Wildman–Crippen LogP) is 1.44. The van der Waals surface area contributed by atoms with Gasteiger partial charge in [-0.15, -0.1) is 0 Å². The first-order valence-electron chi connectivity index (χ1n) is 12.1. The molecule has 0 saturated carbocycles. The Hall–Kier alpha value is -4.69. The molecule has 0 radical (unpaired) electrons. The molecule has 0 unspecified atom stereocenters. The Labute approximate surface area is 232 Å². The topological polar surface area (TPSA) is 216 Å². The van der Waals surface area contributed by atoms with Gasteiger partial charge in [-0.3, -0.25) is 0 Å².